The minimum absolute atomic E-state index is 0.0821. The number of anilines is 1. The molecule has 0 aliphatic heterocycles. The molecule has 1 fully saturated rings. The van der Waals surface area contributed by atoms with E-state index in [9.17, 15) is 10.4 Å². The van der Waals surface area contributed by atoms with Crippen LogP contribution in [0.3, 0.4) is 0 Å². The molecule has 21 heavy (non-hydrogen) atoms. The van der Waals surface area contributed by atoms with E-state index in [0.717, 1.165) is 29.6 Å². The lowest BCUT2D eigenvalue weighted by molar-refractivity contribution is 0.283. The third-order valence-corrected chi connectivity index (χ3v) is 4.26. The number of nitriles is 1. The van der Waals surface area contributed by atoms with Gasteiger partial charge in [-0.25, -0.2) is 4.98 Å². The number of hydrogen-bond acceptors (Lipinski definition) is 4. The SMILES string of the molecule is N#Cc1cc(N(CCO)C2CCC2)nc2ccc(Cl)cc12. The molecule has 0 atom stereocenters. The van der Waals surface area contributed by atoms with Crippen molar-refractivity contribution in [3.05, 3.63) is 34.9 Å². The van der Waals surface area contributed by atoms with Gasteiger partial charge in [-0.3, -0.25) is 0 Å². The monoisotopic (exact) mass is 301 g/mol. The van der Waals surface area contributed by atoms with Crippen molar-refractivity contribution < 1.29 is 5.11 Å². The zero-order valence-electron chi connectivity index (χ0n) is 11.6. The molecule has 4 nitrogen and oxygen atoms in total. The normalized spacial score (nSPS) is 14.7. The van der Waals surface area contributed by atoms with Crippen LogP contribution in [-0.2, 0) is 0 Å². The molecule has 0 saturated heterocycles. The van der Waals surface area contributed by atoms with Gasteiger partial charge >= 0.3 is 0 Å². The molecule has 0 bridgehead atoms. The van der Waals surface area contributed by atoms with Gasteiger partial charge in [-0.1, -0.05) is 11.6 Å². The Morgan fingerprint density at radius 2 is 2.19 bits per heavy atom. The molecule has 1 aliphatic rings. The first-order valence-corrected chi connectivity index (χ1v) is 7.48. The molecular weight excluding hydrogens is 286 g/mol. The van der Waals surface area contributed by atoms with E-state index in [1.165, 1.54) is 6.42 Å². The Morgan fingerprint density at radius 1 is 1.38 bits per heavy atom. The molecule has 0 spiro atoms. The largest absolute Gasteiger partial charge is 0.395 e. The highest BCUT2D eigenvalue weighted by molar-refractivity contribution is 6.31. The second-order valence-electron chi connectivity index (χ2n) is 5.30. The molecule has 0 amide bonds. The number of halogens is 1. The van der Waals surface area contributed by atoms with Gasteiger partial charge in [-0.2, -0.15) is 5.26 Å². The first kappa shape index (κ1) is 14.1. The summed E-state index contributed by atoms with van der Waals surface area (Å²) >= 11 is 6.00. The van der Waals surface area contributed by atoms with Crippen molar-refractivity contribution in [1.82, 2.24) is 4.98 Å². The Bertz CT molecular complexity index is 706. The first-order chi connectivity index (χ1) is 10.2. The van der Waals surface area contributed by atoms with Crippen LogP contribution in [0, 0.1) is 11.3 Å². The number of aliphatic hydroxyl groups is 1. The van der Waals surface area contributed by atoms with E-state index >= 15 is 0 Å². The van der Waals surface area contributed by atoms with Gasteiger partial charge in [0.2, 0.25) is 0 Å². The smallest absolute Gasteiger partial charge is 0.130 e. The van der Waals surface area contributed by atoms with E-state index in [2.05, 4.69) is 16.0 Å². The summed E-state index contributed by atoms with van der Waals surface area (Å²) in [6, 6.07) is 9.82. The van der Waals surface area contributed by atoms with Gasteiger partial charge < -0.3 is 10.0 Å². The van der Waals surface area contributed by atoms with Crippen LogP contribution in [-0.4, -0.2) is 29.3 Å². The lowest BCUT2D eigenvalue weighted by Crippen LogP contribution is -2.42. The Kier molecular flexibility index (Phi) is 3.96. The van der Waals surface area contributed by atoms with Crippen LogP contribution < -0.4 is 4.90 Å². The van der Waals surface area contributed by atoms with E-state index in [1.807, 2.05) is 6.07 Å². The van der Waals surface area contributed by atoms with Crippen molar-refractivity contribution in [3.63, 3.8) is 0 Å². The van der Waals surface area contributed by atoms with Crippen LogP contribution in [0.15, 0.2) is 24.3 Å². The molecule has 108 valence electrons. The second kappa shape index (κ2) is 5.88. The van der Waals surface area contributed by atoms with Crippen molar-refractivity contribution >= 4 is 28.3 Å². The lowest BCUT2D eigenvalue weighted by Gasteiger charge is -2.38. The number of rotatable bonds is 4. The average molecular weight is 302 g/mol. The molecule has 0 unspecified atom stereocenters. The maximum atomic E-state index is 9.38. The zero-order chi connectivity index (χ0) is 14.8. The van der Waals surface area contributed by atoms with Crippen molar-refractivity contribution in [2.75, 3.05) is 18.1 Å². The number of aromatic nitrogens is 1. The highest BCUT2D eigenvalue weighted by Crippen LogP contribution is 2.31. The van der Waals surface area contributed by atoms with Gasteiger partial charge in [0, 0.05) is 23.0 Å². The van der Waals surface area contributed by atoms with Crippen LogP contribution in [0.4, 0.5) is 5.82 Å². The molecule has 1 saturated carbocycles. The molecule has 1 aromatic heterocycles. The Balaban J connectivity index is 2.09. The van der Waals surface area contributed by atoms with E-state index in [0.29, 0.717) is 23.2 Å². The van der Waals surface area contributed by atoms with Crippen molar-refractivity contribution in [2.24, 2.45) is 0 Å². The summed E-state index contributed by atoms with van der Waals surface area (Å²) < 4.78 is 0. The zero-order valence-corrected chi connectivity index (χ0v) is 12.3. The van der Waals surface area contributed by atoms with Crippen LogP contribution in [0.1, 0.15) is 24.8 Å². The Hall–Kier alpha value is -1.83. The average Bonchev–Trinajstić information content (AvgIpc) is 2.44. The number of hydrogen-bond donors (Lipinski definition) is 1. The van der Waals surface area contributed by atoms with Gasteiger partial charge in [0.05, 0.1) is 23.8 Å². The summed E-state index contributed by atoms with van der Waals surface area (Å²) in [7, 11) is 0. The number of pyridine rings is 1. The summed E-state index contributed by atoms with van der Waals surface area (Å²) in [6.07, 6.45) is 3.44. The fraction of sp³-hybridized carbons (Fsp3) is 0.375. The molecular formula is C16H16ClN3O. The summed E-state index contributed by atoms with van der Waals surface area (Å²) in [5.74, 6) is 0.764. The van der Waals surface area contributed by atoms with E-state index < -0.39 is 0 Å². The summed E-state index contributed by atoms with van der Waals surface area (Å²) in [5, 5.41) is 20.0. The van der Waals surface area contributed by atoms with Gasteiger partial charge in [0.15, 0.2) is 0 Å². The van der Waals surface area contributed by atoms with Crippen LogP contribution in [0.25, 0.3) is 10.9 Å². The number of fused-ring (bicyclic) bond motifs is 1. The van der Waals surface area contributed by atoms with Crippen molar-refractivity contribution in [2.45, 2.75) is 25.3 Å². The summed E-state index contributed by atoms with van der Waals surface area (Å²) in [5.41, 5.74) is 1.33. The topological polar surface area (TPSA) is 60.2 Å². The molecule has 5 heteroatoms. The molecule has 0 radical (unpaired) electrons. The van der Waals surface area contributed by atoms with Crippen LogP contribution in [0.5, 0.6) is 0 Å². The third kappa shape index (κ3) is 2.67. The molecule has 1 N–H and O–H groups in total. The summed E-state index contributed by atoms with van der Waals surface area (Å²) in [6.45, 7) is 0.625. The maximum absolute atomic E-state index is 9.38. The lowest BCUT2D eigenvalue weighted by atomic mass is 9.91. The fourth-order valence-corrected chi connectivity index (χ4v) is 2.89. The van der Waals surface area contributed by atoms with Crippen molar-refractivity contribution in [1.29, 1.82) is 5.26 Å². The Labute approximate surface area is 128 Å². The van der Waals surface area contributed by atoms with Gasteiger partial charge in [-0.15, -0.1) is 0 Å². The molecule has 1 heterocycles. The van der Waals surface area contributed by atoms with Crippen molar-refractivity contribution in [3.8, 4) is 6.07 Å². The maximum Gasteiger partial charge on any atom is 0.130 e. The Morgan fingerprint density at radius 3 is 2.81 bits per heavy atom. The van der Waals surface area contributed by atoms with Crippen LogP contribution >= 0.6 is 11.6 Å². The van der Waals surface area contributed by atoms with E-state index in [4.69, 9.17) is 11.6 Å². The van der Waals surface area contributed by atoms with Gasteiger partial charge in [-0.05, 0) is 43.5 Å². The number of benzene rings is 1. The standard InChI is InChI=1S/C16H16ClN3O/c17-12-4-5-15-14(9-12)11(10-18)8-16(19-15)20(6-7-21)13-2-1-3-13/h4-5,8-9,13,21H,1-3,6-7H2. The predicted molar refractivity (Wildman–Crippen MR) is 83.5 cm³/mol. The fourth-order valence-electron chi connectivity index (χ4n) is 2.71. The first-order valence-electron chi connectivity index (χ1n) is 7.11. The molecule has 2 aromatic rings. The van der Waals surface area contributed by atoms with Crippen LogP contribution in [0.2, 0.25) is 5.02 Å². The minimum Gasteiger partial charge on any atom is -0.395 e. The number of nitrogens with zero attached hydrogens (tertiary/aromatic N) is 3. The summed E-state index contributed by atoms with van der Waals surface area (Å²) in [4.78, 5) is 6.76. The molecule has 1 aliphatic carbocycles. The highest BCUT2D eigenvalue weighted by atomic mass is 35.5. The molecule has 3 rings (SSSR count). The quantitative estimate of drug-likeness (QED) is 0.942. The number of aliphatic hydroxyl groups excluding tert-OH is 1. The van der Waals surface area contributed by atoms with E-state index in [-0.39, 0.29) is 6.61 Å². The highest BCUT2D eigenvalue weighted by Gasteiger charge is 2.26. The predicted octanol–water partition coefficient (Wildman–Crippen LogP) is 3.11. The minimum atomic E-state index is 0.0821. The van der Waals surface area contributed by atoms with Gasteiger partial charge in [0.1, 0.15) is 5.82 Å². The molecule has 1 aromatic carbocycles. The third-order valence-electron chi connectivity index (χ3n) is 4.03. The van der Waals surface area contributed by atoms with Gasteiger partial charge in [0.25, 0.3) is 0 Å². The van der Waals surface area contributed by atoms with E-state index in [1.54, 1.807) is 18.2 Å². The second-order valence-corrected chi connectivity index (χ2v) is 5.74.